The summed E-state index contributed by atoms with van der Waals surface area (Å²) in [7, 11) is 0. The van der Waals surface area contributed by atoms with Gasteiger partial charge in [-0.25, -0.2) is 0 Å². The topological polar surface area (TPSA) is 89.9 Å². The number of carbonyl (C=O) groups excluding carboxylic acids is 3. The highest BCUT2D eigenvalue weighted by atomic mass is 16.6. The monoisotopic (exact) mass is 540 g/mol. The maximum absolute atomic E-state index is 13.6. The van der Waals surface area contributed by atoms with E-state index in [2.05, 4.69) is 13.8 Å². The summed E-state index contributed by atoms with van der Waals surface area (Å²) in [6.45, 7) is 15.6. The summed E-state index contributed by atoms with van der Waals surface area (Å²) >= 11 is 0. The number of rotatable bonds is 8. The van der Waals surface area contributed by atoms with Crippen LogP contribution in [0, 0.1) is 28.6 Å². The second kappa shape index (κ2) is 12.4. The number of ether oxygens (including phenoxy) is 2. The average molecular weight is 541 g/mol. The lowest BCUT2D eigenvalue weighted by Gasteiger charge is -2.59. The second-order valence-electron chi connectivity index (χ2n) is 12.8. The van der Waals surface area contributed by atoms with Crippen LogP contribution in [0.25, 0.3) is 0 Å². The highest BCUT2D eigenvalue weighted by Crippen LogP contribution is 2.67. The maximum Gasteiger partial charge on any atom is 0.302 e. The van der Waals surface area contributed by atoms with Gasteiger partial charge in [-0.3, -0.25) is 14.4 Å². The minimum atomic E-state index is -0.523. The van der Waals surface area contributed by atoms with Crippen LogP contribution in [0.15, 0.2) is 46.6 Å². The normalized spacial score (nSPS) is 34.7. The largest absolute Gasteiger partial charge is 0.465 e. The van der Waals surface area contributed by atoms with Crippen molar-refractivity contribution < 1.29 is 29.0 Å². The third kappa shape index (κ3) is 6.65. The van der Waals surface area contributed by atoms with Crippen LogP contribution in [0.4, 0.5) is 0 Å². The number of fused-ring (bicyclic) bond motifs is 3. The molecular weight excluding hydrogens is 492 g/mol. The number of hydrogen-bond donors (Lipinski definition) is 1. The van der Waals surface area contributed by atoms with E-state index in [1.54, 1.807) is 0 Å². The molecule has 0 amide bonds. The molecule has 3 aliphatic carbocycles. The third-order valence-corrected chi connectivity index (χ3v) is 9.76. The number of Topliss-reactive ketones (excluding diaryl/α,β-unsaturated/α-hetero) is 1. The van der Waals surface area contributed by atoms with Gasteiger partial charge in [0, 0.05) is 37.2 Å². The molecule has 3 saturated carbocycles. The molecule has 3 rings (SSSR count). The number of ketones is 1. The summed E-state index contributed by atoms with van der Waals surface area (Å²) in [6.07, 6.45) is 11.5. The number of carbonyl (C=O) groups is 3. The molecule has 0 radical (unpaired) electrons. The van der Waals surface area contributed by atoms with Crippen LogP contribution in [0.1, 0.15) is 93.9 Å². The fraction of sp³-hybridized carbons (Fsp3) is 0.667. The molecule has 1 N–H and O–H groups in total. The molecule has 3 fully saturated rings. The Kier molecular flexibility index (Phi) is 9.85. The van der Waals surface area contributed by atoms with Crippen LogP contribution in [-0.2, 0) is 23.9 Å². The minimum absolute atomic E-state index is 0.0731. The van der Waals surface area contributed by atoms with Crippen LogP contribution in [0.2, 0.25) is 0 Å². The molecule has 0 heterocycles. The van der Waals surface area contributed by atoms with E-state index < -0.39 is 6.10 Å². The summed E-state index contributed by atoms with van der Waals surface area (Å²) in [5, 5.41) is 10.4. The van der Waals surface area contributed by atoms with E-state index in [0.29, 0.717) is 19.3 Å². The van der Waals surface area contributed by atoms with Gasteiger partial charge in [0.25, 0.3) is 0 Å². The molecular formula is C33H48O6. The number of aliphatic hydroxyl groups excluding tert-OH is 1. The molecule has 0 aromatic rings. The first-order valence-corrected chi connectivity index (χ1v) is 14.4. The van der Waals surface area contributed by atoms with Crippen molar-refractivity contribution in [3.63, 3.8) is 0 Å². The average Bonchev–Trinajstić information content (AvgIpc) is 3.12. The van der Waals surface area contributed by atoms with Gasteiger partial charge in [-0.2, -0.15) is 0 Å². The van der Waals surface area contributed by atoms with Crippen LogP contribution >= 0.6 is 0 Å². The van der Waals surface area contributed by atoms with E-state index in [-0.39, 0.29) is 59.0 Å². The van der Waals surface area contributed by atoms with Gasteiger partial charge in [0.05, 0.1) is 12.7 Å². The smallest absolute Gasteiger partial charge is 0.302 e. The number of allylic oxidation sites excluding steroid dienone is 6. The zero-order chi connectivity index (χ0) is 29.1. The van der Waals surface area contributed by atoms with Gasteiger partial charge in [0.1, 0.15) is 6.10 Å². The van der Waals surface area contributed by atoms with Gasteiger partial charge in [-0.15, -0.1) is 0 Å². The molecule has 0 aliphatic heterocycles. The highest BCUT2D eigenvalue weighted by molar-refractivity contribution is 6.00. The first kappa shape index (κ1) is 31.1. The number of aliphatic hydroxyl groups is 1. The Labute approximate surface area is 234 Å². The molecule has 0 aromatic heterocycles. The predicted molar refractivity (Wildman–Crippen MR) is 153 cm³/mol. The van der Waals surface area contributed by atoms with Crippen molar-refractivity contribution in [1.29, 1.82) is 0 Å². The van der Waals surface area contributed by atoms with E-state index >= 15 is 0 Å². The molecule has 6 nitrogen and oxygen atoms in total. The summed E-state index contributed by atoms with van der Waals surface area (Å²) in [4.78, 5) is 37.1. The van der Waals surface area contributed by atoms with Crippen molar-refractivity contribution in [3.8, 4) is 0 Å². The molecule has 0 aromatic carbocycles. The fourth-order valence-corrected chi connectivity index (χ4v) is 7.84. The van der Waals surface area contributed by atoms with Gasteiger partial charge < -0.3 is 14.6 Å². The van der Waals surface area contributed by atoms with Crippen LogP contribution in [-0.4, -0.2) is 41.6 Å². The van der Waals surface area contributed by atoms with Crippen molar-refractivity contribution in [3.05, 3.63) is 46.6 Å². The minimum Gasteiger partial charge on any atom is -0.465 e. The standard InChI is InChI=1S/C33H48O6/c1-20(2)12-13-27(36)21(3)10-9-11-22(4)31-28(37)18-30-32(7)17-15-29(39-24(6)35)25(19-38-23(5)34)26(32)14-16-33(30,31)8/h9-12,25-27,29-30,36H,13-19H2,1-8H3. The van der Waals surface area contributed by atoms with Gasteiger partial charge >= 0.3 is 11.9 Å². The Bertz CT molecular complexity index is 1090. The van der Waals surface area contributed by atoms with Crippen molar-refractivity contribution in [2.24, 2.45) is 28.6 Å². The first-order valence-electron chi connectivity index (χ1n) is 14.4. The molecule has 216 valence electrons. The van der Waals surface area contributed by atoms with Gasteiger partial charge in [-0.05, 0) is 88.2 Å². The Hall–Kier alpha value is -2.47. The molecule has 7 atom stereocenters. The van der Waals surface area contributed by atoms with E-state index in [0.717, 1.165) is 36.0 Å². The van der Waals surface area contributed by atoms with Crippen molar-refractivity contribution in [2.45, 2.75) is 106 Å². The van der Waals surface area contributed by atoms with Gasteiger partial charge in [-0.1, -0.05) is 43.7 Å². The lowest BCUT2D eigenvalue weighted by molar-refractivity contribution is -0.175. The quantitative estimate of drug-likeness (QED) is 0.165. The van der Waals surface area contributed by atoms with Crippen LogP contribution in [0.3, 0.4) is 0 Å². The Morgan fingerprint density at radius 2 is 1.74 bits per heavy atom. The predicted octanol–water partition coefficient (Wildman–Crippen LogP) is 6.44. The van der Waals surface area contributed by atoms with Crippen molar-refractivity contribution in [2.75, 3.05) is 6.61 Å². The van der Waals surface area contributed by atoms with Crippen molar-refractivity contribution >= 4 is 17.7 Å². The lowest BCUT2D eigenvalue weighted by atomic mass is 9.46. The van der Waals surface area contributed by atoms with E-state index in [9.17, 15) is 19.5 Å². The molecule has 0 spiro atoms. The Balaban J connectivity index is 1.88. The van der Waals surface area contributed by atoms with Gasteiger partial charge in [0.15, 0.2) is 5.78 Å². The van der Waals surface area contributed by atoms with E-state index in [1.807, 2.05) is 52.0 Å². The molecule has 39 heavy (non-hydrogen) atoms. The highest BCUT2D eigenvalue weighted by Gasteiger charge is 2.63. The first-order chi connectivity index (χ1) is 18.2. The maximum atomic E-state index is 13.6. The van der Waals surface area contributed by atoms with Crippen LogP contribution < -0.4 is 0 Å². The number of hydrogen-bond acceptors (Lipinski definition) is 6. The summed E-state index contributed by atoms with van der Waals surface area (Å²) < 4.78 is 11.2. The lowest BCUT2D eigenvalue weighted by Crippen LogP contribution is -2.55. The fourth-order valence-electron chi connectivity index (χ4n) is 7.84. The van der Waals surface area contributed by atoms with Gasteiger partial charge in [0.2, 0.25) is 0 Å². The summed E-state index contributed by atoms with van der Waals surface area (Å²) in [5.41, 5.74) is 3.62. The zero-order valence-electron chi connectivity index (χ0n) is 25.1. The Morgan fingerprint density at radius 1 is 1.05 bits per heavy atom. The number of esters is 2. The van der Waals surface area contributed by atoms with Crippen LogP contribution in [0.5, 0.6) is 0 Å². The SMILES string of the molecule is CC(=O)OCC1C(OC(C)=O)CCC2(C)C1CCC1(C)C(=C(C)C=CC=C(C)C(O)CC=C(C)C)C(=O)CC12. The molecule has 0 saturated heterocycles. The second-order valence-corrected chi connectivity index (χ2v) is 12.8. The summed E-state index contributed by atoms with van der Waals surface area (Å²) in [5.74, 6) is -0.123. The summed E-state index contributed by atoms with van der Waals surface area (Å²) in [6, 6.07) is 0. The van der Waals surface area contributed by atoms with Crippen molar-refractivity contribution in [1.82, 2.24) is 0 Å². The van der Waals surface area contributed by atoms with E-state index in [1.165, 1.54) is 19.4 Å². The molecule has 0 bridgehead atoms. The molecule has 3 aliphatic rings. The molecule has 7 unspecified atom stereocenters. The molecule has 6 heteroatoms. The third-order valence-electron chi connectivity index (χ3n) is 9.76. The van der Waals surface area contributed by atoms with E-state index in [4.69, 9.17) is 9.47 Å². The zero-order valence-corrected chi connectivity index (χ0v) is 25.1. The Morgan fingerprint density at radius 3 is 2.36 bits per heavy atom.